The summed E-state index contributed by atoms with van der Waals surface area (Å²) in [6.07, 6.45) is 6.87. The lowest BCUT2D eigenvalue weighted by molar-refractivity contribution is 0.290. The molecule has 0 aliphatic carbocycles. The van der Waals surface area contributed by atoms with Gasteiger partial charge in [-0.15, -0.1) is 6.42 Å². The van der Waals surface area contributed by atoms with E-state index in [9.17, 15) is 0 Å². The van der Waals surface area contributed by atoms with Crippen LogP contribution in [0.1, 0.15) is 11.4 Å². The van der Waals surface area contributed by atoms with Gasteiger partial charge in [-0.1, -0.05) is 29.7 Å². The van der Waals surface area contributed by atoms with Crippen LogP contribution in [0.3, 0.4) is 0 Å². The van der Waals surface area contributed by atoms with Gasteiger partial charge in [-0.05, 0) is 48.6 Å². The van der Waals surface area contributed by atoms with E-state index in [1.807, 2.05) is 24.3 Å². The van der Waals surface area contributed by atoms with Crippen molar-refractivity contribution in [2.24, 2.45) is 5.10 Å². The van der Waals surface area contributed by atoms with Crippen molar-refractivity contribution in [3.8, 4) is 23.8 Å². The van der Waals surface area contributed by atoms with Crippen LogP contribution in [0.5, 0.6) is 11.5 Å². The first kappa shape index (κ1) is 18.7. The first-order valence-electron chi connectivity index (χ1n) is 7.91. The summed E-state index contributed by atoms with van der Waals surface area (Å²) in [4.78, 5) is 0. The summed E-state index contributed by atoms with van der Waals surface area (Å²) in [6.45, 7) is 0.359. The summed E-state index contributed by atoms with van der Waals surface area (Å²) < 4.78 is 13.1. The topological polar surface area (TPSA) is 64.4 Å². The van der Waals surface area contributed by atoms with E-state index in [0.29, 0.717) is 27.1 Å². The molecular weight excluding hydrogens is 384 g/mol. The molecule has 136 valence electrons. The van der Waals surface area contributed by atoms with Crippen LogP contribution in [0, 0.1) is 17.1 Å². The van der Waals surface area contributed by atoms with Gasteiger partial charge in [0.05, 0.1) is 6.21 Å². The van der Waals surface area contributed by atoms with E-state index in [4.69, 9.17) is 39.7 Å². The minimum absolute atomic E-state index is 0.177. The predicted octanol–water partition coefficient (Wildman–Crippen LogP) is 4.07. The molecule has 3 aromatic rings. The Labute approximate surface area is 166 Å². The number of H-pyrrole nitrogens is 1. The van der Waals surface area contributed by atoms with E-state index in [2.05, 4.69) is 21.2 Å². The van der Waals surface area contributed by atoms with Crippen molar-refractivity contribution in [1.82, 2.24) is 14.9 Å². The molecule has 1 heterocycles. The van der Waals surface area contributed by atoms with Gasteiger partial charge in [-0.3, -0.25) is 0 Å². The maximum atomic E-state index is 5.87. The maximum Gasteiger partial charge on any atom is 0.216 e. The van der Waals surface area contributed by atoms with Gasteiger partial charge in [0.2, 0.25) is 4.77 Å². The van der Waals surface area contributed by atoms with Crippen molar-refractivity contribution in [3.63, 3.8) is 0 Å². The zero-order chi connectivity index (χ0) is 19.1. The van der Waals surface area contributed by atoms with Crippen LogP contribution in [-0.4, -0.2) is 27.7 Å². The number of benzene rings is 2. The molecule has 0 radical (unpaired) electrons. The van der Waals surface area contributed by atoms with Crippen LogP contribution in [0.4, 0.5) is 0 Å². The number of hydrogen-bond acceptors (Lipinski definition) is 5. The Kier molecular flexibility index (Phi) is 6.26. The van der Waals surface area contributed by atoms with Gasteiger partial charge in [-0.25, -0.2) is 5.10 Å². The van der Waals surface area contributed by atoms with Gasteiger partial charge in [0.15, 0.2) is 5.82 Å². The van der Waals surface area contributed by atoms with Crippen LogP contribution in [-0.2, 0) is 6.61 Å². The Bertz CT molecular complexity index is 1030. The van der Waals surface area contributed by atoms with E-state index < -0.39 is 0 Å². The van der Waals surface area contributed by atoms with E-state index in [1.54, 1.807) is 30.5 Å². The van der Waals surface area contributed by atoms with Crippen molar-refractivity contribution in [2.75, 3.05) is 6.61 Å². The zero-order valence-electron chi connectivity index (χ0n) is 14.1. The number of aromatic nitrogens is 3. The highest BCUT2D eigenvalue weighted by Gasteiger charge is 2.07. The molecule has 3 rings (SSSR count). The number of ether oxygens (including phenoxy) is 2. The average Bonchev–Trinajstić information content (AvgIpc) is 3.04. The van der Waals surface area contributed by atoms with Crippen LogP contribution >= 0.6 is 23.8 Å². The van der Waals surface area contributed by atoms with Gasteiger partial charge >= 0.3 is 0 Å². The smallest absolute Gasteiger partial charge is 0.216 e. The van der Waals surface area contributed by atoms with E-state index in [0.717, 1.165) is 5.56 Å². The fraction of sp³-hybridized carbons (Fsp3) is 0.105. The normalized spacial score (nSPS) is 10.7. The summed E-state index contributed by atoms with van der Waals surface area (Å²) in [6, 6.07) is 14.5. The molecule has 8 heteroatoms. The highest BCUT2D eigenvalue weighted by atomic mass is 35.5. The van der Waals surface area contributed by atoms with Gasteiger partial charge in [0.1, 0.15) is 24.7 Å². The number of rotatable bonds is 7. The Morgan fingerprint density at radius 1 is 1.22 bits per heavy atom. The van der Waals surface area contributed by atoms with Gasteiger partial charge in [-0.2, -0.15) is 14.9 Å². The third kappa shape index (κ3) is 4.97. The molecule has 0 bridgehead atoms. The summed E-state index contributed by atoms with van der Waals surface area (Å²) in [5.41, 5.74) is 0.764. The molecule has 0 spiro atoms. The number of terminal acetylenes is 1. The third-order valence-corrected chi connectivity index (χ3v) is 3.96. The first-order valence-corrected chi connectivity index (χ1v) is 8.70. The second-order valence-electron chi connectivity index (χ2n) is 5.27. The summed E-state index contributed by atoms with van der Waals surface area (Å²) in [5, 5.41) is 11.9. The SMILES string of the molecule is C#CCOc1ccccc1/C=N\n1c(COc2ccc(Cl)cc2)n[nH]c1=S. The van der Waals surface area contributed by atoms with Crippen molar-refractivity contribution in [1.29, 1.82) is 0 Å². The number of nitrogens with one attached hydrogen (secondary N) is 1. The molecule has 6 nitrogen and oxygen atoms in total. The standard InChI is InChI=1S/C19H15ClN4O2S/c1-2-11-25-17-6-4-3-5-14(17)12-21-24-18(22-23-19(24)27)13-26-16-9-7-15(20)8-10-16/h1,3-10,12H,11,13H2,(H,23,27)/b21-12-. The molecule has 27 heavy (non-hydrogen) atoms. The maximum absolute atomic E-state index is 5.87. The Hall–Kier alpha value is -3.08. The minimum Gasteiger partial charge on any atom is -0.486 e. The molecule has 2 aromatic carbocycles. The van der Waals surface area contributed by atoms with Gasteiger partial charge in [0, 0.05) is 10.6 Å². The highest BCUT2D eigenvalue weighted by Crippen LogP contribution is 2.17. The molecule has 0 saturated carbocycles. The van der Waals surface area contributed by atoms with Crippen molar-refractivity contribution in [2.45, 2.75) is 6.61 Å². The monoisotopic (exact) mass is 398 g/mol. The van der Waals surface area contributed by atoms with E-state index >= 15 is 0 Å². The first-order chi connectivity index (χ1) is 13.2. The second kappa shape index (κ2) is 9.03. The molecule has 0 amide bonds. The lowest BCUT2D eigenvalue weighted by atomic mass is 10.2. The largest absolute Gasteiger partial charge is 0.486 e. The third-order valence-electron chi connectivity index (χ3n) is 3.44. The fourth-order valence-corrected chi connectivity index (χ4v) is 2.50. The van der Waals surface area contributed by atoms with Crippen LogP contribution in [0.25, 0.3) is 0 Å². The molecule has 1 aromatic heterocycles. The summed E-state index contributed by atoms with van der Waals surface area (Å²) >= 11 is 11.1. The van der Waals surface area contributed by atoms with Crippen LogP contribution in [0.2, 0.25) is 5.02 Å². The Balaban J connectivity index is 1.77. The predicted molar refractivity (Wildman–Crippen MR) is 107 cm³/mol. The minimum atomic E-state index is 0.177. The number of para-hydroxylation sites is 1. The fourth-order valence-electron chi connectivity index (χ4n) is 2.17. The van der Waals surface area contributed by atoms with E-state index in [-0.39, 0.29) is 13.2 Å². The molecule has 0 aliphatic rings. The molecular formula is C19H15ClN4O2S. The summed E-state index contributed by atoms with van der Waals surface area (Å²) in [5.74, 6) is 4.26. The van der Waals surface area contributed by atoms with Crippen LogP contribution in [0.15, 0.2) is 53.6 Å². The molecule has 0 aliphatic heterocycles. The number of hydrogen-bond donors (Lipinski definition) is 1. The number of aromatic amines is 1. The average molecular weight is 399 g/mol. The highest BCUT2D eigenvalue weighted by molar-refractivity contribution is 7.71. The van der Waals surface area contributed by atoms with Crippen molar-refractivity contribution < 1.29 is 9.47 Å². The molecule has 0 saturated heterocycles. The molecule has 0 unspecified atom stereocenters. The van der Waals surface area contributed by atoms with Crippen molar-refractivity contribution in [3.05, 3.63) is 69.7 Å². The molecule has 1 N–H and O–H groups in total. The number of nitrogens with zero attached hydrogens (tertiary/aromatic N) is 3. The van der Waals surface area contributed by atoms with Crippen LogP contribution < -0.4 is 9.47 Å². The number of halogens is 1. The van der Waals surface area contributed by atoms with Gasteiger partial charge < -0.3 is 9.47 Å². The lowest BCUT2D eigenvalue weighted by Gasteiger charge is -2.07. The molecule has 0 fully saturated rings. The Morgan fingerprint density at radius 2 is 2.00 bits per heavy atom. The van der Waals surface area contributed by atoms with E-state index in [1.165, 1.54) is 4.68 Å². The van der Waals surface area contributed by atoms with Gasteiger partial charge in [0.25, 0.3) is 0 Å². The second-order valence-corrected chi connectivity index (χ2v) is 6.10. The lowest BCUT2D eigenvalue weighted by Crippen LogP contribution is -2.04. The van der Waals surface area contributed by atoms with Crippen molar-refractivity contribution >= 4 is 30.0 Å². The quantitative estimate of drug-likeness (QED) is 0.370. The zero-order valence-corrected chi connectivity index (χ0v) is 15.7. The molecule has 0 atom stereocenters. The summed E-state index contributed by atoms with van der Waals surface area (Å²) in [7, 11) is 0. The Morgan fingerprint density at radius 3 is 2.78 bits per heavy atom.